The van der Waals surface area contributed by atoms with Crippen LogP contribution in [0, 0.1) is 72.9 Å². The Morgan fingerprint density at radius 1 is 0.284 bits per heavy atom. The van der Waals surface area contributed by atoms with Gasteiger partial charge in [-0.15, -0.1) is 0 Å². The molecule has 0 unspecified atom stereocenters. The molecule has 0 spiro atoms. The third kappa shape index (κ3) is 102. The third-order valence-corrected chi connectivity index (χ3v) is 21.2. The highest BCUT2D eigenvalue weighted by Crippen LogP contribution is 2.34. The first-order valence-corrected chi connectivity index (χ1v) is 40.2. The van der Waals surface area contributed by atoms with E-state index >= 15 is 0 Å². The second-order valence-electron chi connectivity index (χ2n) is 35.3. The number of rotatable bonds is 24. The zero-order valence-corrected chi connectivity index (χ0v) is 71.9. The van der Waals surface area contributed by atoms with Crippen molar-refractivity contribution in [2.24, 2.45) is 72.9 Å². The molecule has 0 saturated heterocycles. The van der Waals surface area contributed by atoms with Gasteiger partial charge in [0.25, 0.3) is 0 Å². The van der Waals surface area contributed by atoms with Crippen molar-refractivity contribution in [3.05, 3.63) is 0 Å². The van der Waals surface area contributed by atoms with Crippen molar-refractivity contribution in [3.63, 3.8) is 0 Å². The fourth-order valence-corrected chi connectivity index (χ4v) is 8.81. The summed E-state index contributed by atoms with van der Waals surface area (Å²) in [7, 11) is 0. The van der Waals surface area contributed by atoms with Gasteiger partial charge in [-0.25, -0.2) is 0 Å². The van der Waals surface area contributed by atoms with Crippen LogP contribution in [0.3, 0.4) is 0 Å². The number of unbranched alkanes of at least 4 members (excludes halogenated alkanes) is 2. The van der Waals surface area contributed by atoms with Crippen LogP contribution >= 0.6 is 0 Å². The molecule has 0 heterocycles. The Balaban J connectivity index is -0.0000000949. The zero-order chi connectivity index (χ0) is 71.9. The molecule has 0 bridgehead atoms. The lowest BCUT2D eigenvalue weighted by Crippen LogP contribution is -2.15. The Labute approximate surface area is 572 Å². The molecule has 0 atom stereocenters. The van der Waals surface area contributed by atoms with Gasteiger partial charge >= 0.3 is 0 Å². The van der Waals surface area contributed by atoms with Gasteiger partial charge in [0.2, 0.25) is 0 Å². The van der Waals surface area contributed by atoms with Crippen molar-refractivity contribution in [1.82, 2.24) is 0 Å². The molecule has 2 aliphatic rings. The standard InChI is InChI=1S/C12H26.C9H20.2C8H18.C7H14.3C7H16.C6H12.2C6H14.C5H12/c1-4-7-8-11-12(9-5-2)10-6-3;1-5-9(6-2,7-3)8-4;2*1-5-8(4,6-2)7-3;1-7-5-3-2-4-6-7;1-6(2)5-7(3)4;2*1-5-7(3,4)6-2;1-6-4-2-3-5-6;2*1-5-6(2,3)4;1-5(2,3)4/h12H,4-11H2,1-3H3;5-8H2,1-4H3;2*5-7H2,1-4H3;7H,2-6H2,1H3;6-7H,5H2,1-4H3;2*5-6H2,1-4H3;6H,2-5H2,1H3;2*5H2,1-4H3;1-4H3. The minimum atomic E-state index is 0.500. The van der Waals surface area contributed by atoms with Crippen LogP contribution in [0.2, 0.25) is 0 Å². The largest absolute Gasteiger partial charge is 0.0654 e. The van der Waals surface area contributed by atoms with Crippen LogP contribution < -0.4 is 0 Å². The molecule has 2 saturated carbocycles. The Bertz CT molecular complexity index is 1100. The van der Waals surface area contributed by atoms with Crippen LogP contribution in [0.5, 0.6) is 0 Å². The summed E-state index contributed by atoms with van der Waals surface area (Å²) in [5, 5.41) is 0. The summed E-state index contributed by atoms with van der Waals surface area (Å²) in [6, 6.07) is 0. The summed E-state index contributed by atoms with van der Waals surface area (Å²) >= 11 is 0. The molecule has 0 heteroatoms. The van der Waals surface area contributed by atoms with E-state index in [9.17, 15) is 0 Å². The maximum Gasteiger partial charge on any atom is -0.0308 e. The summed E-state index contributed by atoms with van der Waals surface area (Å²) in [5.41, 5.74) is 4.67. The Hall–Kier alpha value is 0. The third-order valence-electron chi connectivity index (χ3n) is 21.2. The molecule has 88 heavy (non-hydrogen) atoms. The van der Waals surface area contributed by atoms with Gasteiger partial charge in [0.05, 0.1) is 0 Å². The minimum Gasteiger partial charge on any atom is -0.0654 e. The second-order valence-corrected chi connectivity index (χ2v) is 35.3. The topological polar surface area (TPSA) is 0 Å². The van der Waals surface area contributed by atoms with Crippen LogP contribution in [-0.2, 0) is 0 Å². The summed E-state index contributed by atoms with van der Waals surface area (Å²) in [6.07, 6.45) is 47.2. The maximum atomic E-state index is 2.36. The van der Waals surface area contributed by atoms with E-state index in [1.807, 2.05) is 0 Å². The molecule has 0 aromatic rings. The smallest absolute Gasteiger partial charge is 0.0308 e. The lowest BCUT2D eigenvalue weighted by atomic mass is 9.78. The highest BCUT2D eigenvalue weighted by Gasteiger charge is 2.20. The molecule has 2 aliphatic carbocycles. The quantitative estimate of drug-likeness (QED) is 0.0845. The normalized spacial score (nSPS) is 13.8. The molecule has 548 valence electrons. The molecule has 0 N–H and O–H groups in total. The lowest BCUT2D eigenvalue weighted by molar-refractivity contribution is 0.240. The van der Waals surface area contributed by atoms with Crippen molar-refractivity contribution in [2.45, 2.75) is 502 Å². The van der Waals surface area contributed by atoms with Crippen LogP contribution in [0.15, 0.2) is 0 Å². The van der Waals surface area contributed by atoms with Gasteiger partial charge in [0.1, 0.15) is 0 Å². The minimum absolute atomic E-state index is 0.500. The van der Waals surface area contributed by atoms with Gasteiger partial charge < -0.3 is 0 Å². The molecule has 0 radical (unpaired) electrons. The fourth-order valence-electron chi connectivity index (χ4n) is 8.81. The lowest BCUT2D eigenvalue weighted by Gasteiger charge is -2.28. The molecular formula is C88H196. The highest BCUT2D eigenvalue weighted by molar-refractivity contribution is 4.72. The molecule has 0 amide bonds. The molecule has 2 rings (SSSR count). The second kappa shape index (κ2) is 68.4. The molecule has 0 nitrogen and oxygen atoms in total. The summed E-state index contributed by atoms with van der Waals surface area (Å²) in [4.78, 5) is 0. The van der Waals surface area contributed by atoms with Crippen molar-refractivity contribution < 1.29 is 0 Å². The zero-order valence-electron chi connectivity index (χ0n) is 71.9. The van der Waals surface area contributed by atoms with E-state index in [1.54, 1.807) is 0 Å². The van der Waals surface area contributed by atoms with Crippen LogP contribution in [0.1, 0.15) is 502 Å². The van der Waals surface area contributed by atoms with E-state index in [-0.39, 0.29) is 0 Å². The van der Waals surface area contributed by atoms with Gasteiger partial charge in [-0.3, -0.25) is 0 Å². The predicted octanol–water partition coefficient (Wildman–Crippen LogP) is 34.9. The van der Waals surface area contributed by atoms with Crippen molar-refractivity contribution in [3.8, 4) is 0 Å². The van der Waals surface area contributed by atoms with E-state index in [0.717, 1.165) is 29.6 Å². The van der Waals surface area contributed by atoms with Gasteiger partial charge in [0.15, 0.2) is 0 Å². The maximum absolute atomic E-state index is 2.36. The first-order valence-electron chi connectivity index (χ1n) is 40.2. The molecule has 0 aliphatic heterocycles. The van der Waals surface area contributed by atoms with Gasteiger partial charge in [-0.2, -0.15) is 0 Å². The Morgan fingerprint density at radius 3 is 0.591 bits per heavy atom. The molecular weight excluding hydrogens is 1060 g/mol. The van der Waals surface area contributed by atoms with Crippen LogP contribution in [0.25, 0.3) is 0 Å². The monoisotopic (exact) mass is 1250 g/mol. The highest BCUT2D eigenvalue weighted by atomic mass is 14.3. The SMILES string of the molecule is CC(C)(C)C.CC(C)CC(C)C.CC1CCCC1.CC1CCCCC1.CCC(C)(C)C.CCC(C)(C)C.CCC(C)(C)CC.CCC(C)(C)CC.CCC(C)(CC)CC.CCC(C)(CC)CC.CCC(CC)(CC)CC.CCCCCC(CCC)CCC. The van der Waals surface area contributed by atoms with Gasteiger partial charge in [0, 0.05) is 0 Å². The average molecular weight is 1250 g/mol. The van der Waals surface area contributed by atoms with E-state index in [1.165, 1.54) is 218 Å². The van der Waals surface area contributed by atoms with Crippen molar-refractivity contribution >= 4 is 0 Å². The molecule has 2 fully saturated rings. The van der Waals surface area contributed by atoms with E-state index < -0.39 is 0 Å². The fraction of sp³-hybridized carbons (Fsp3) is 1.00. The average Bonchev–Trinajstić information content (AvgIpc) is 3.97. The summed E-state index contributed by atoms with van der Waals surface area (Å²) < 4.78 is 0. The van der Waals surface area contributed by atoms with Crippen LogP contribution in [0.4, 0.5) is 0 Å². The first kappa shape index (κ1) is 109. The molecule has 0 aromatic heterocycles. The number of hydrogen-bond donors (Lipinski definition) is 0. The van der Waals surface area contributed by atoms with Crippen molar-refractivity contribution in [2.75, 3.05) is 0 Å². The van der Waals surface area contributed by atoms with Gasteiger partial charge in [-0.05, 0) is 79.3 Å². The first-order chi connectivity index (χ1) is 40.2. The van der Waals surface area contributed by atoms with E-state index in [4.69, 9.17) is 0 Å². The van der Waals surface area contributed by atoms with E-state index in [0.29, 0.717) is 43.3 Å². The predicted molar refractivity (Wildman–Crippen MR) is 427 cm³/mol. The van der Waals surface area contributed by atoms with Gasteiger partial charge in [-0.1, -0.05) is 496 Å². The Kier molecular flexibility index (Phi) is 85.1. The summed E-state index contributed by atoms with van der Waals surface area (Å²) in [5.74, 6) is 4.87. The summed E-state index contributed by atoms with van der Waals surface area (Å²) in [6.45, 7) is 93.0. The van der Waals surface area contributed by atoms with Crippen molar-refractivity contribution in [1.29, 1.82) is 0 Å². The Morgan fingerprint density at radius 2 is 0.511 bits per heavy atom. The number of hydrogen-bond acceptors (Lipinski definition) is 0. The molecule has 0 aromatic carbocycles. The van der Waals surface area contributed by atoms with Crippen LogP contribution in [-0.4, -0.2) is 0 Å². The van der Waals surface area contributed by atoms with E-state index in [2.05, 4.69) is 284 Å².